The standard InChI is InChI=1S/C22H30N2O2/c1-4-25-22-8-6-5-7-19(22)16-24-14-13-23-15-21(24)18-9-11-20(12-10-18)26-17(2)3/h5-12,17,21,23H,4,13-16H2,1-3H3. The second kappa shape index (κ2) is 9.06. The van der Waals surface area contributed by atoms with Crippen LogP contribution in [0, 0.1) is 0 Å². The highest BCUT2D eigenvalue weighted by atomic mass is 16.5. The monoisotopic (exact) mass is 354 g/mol. The number of nitrogens with one attached hydrogen (secondary N) is 1. The number of hydrogen-bond acceptors (Lipinski definition) is 4. The van der Waals surface area contributed by atoms with Crippen LogP contribution < -0.4 is 14.8 Å². The van der Waals surface area contributed by atoms with Gasteiger partial charge in [0, 0.05) is 37.8 Å². The first-order valence-electron chi connectivity index (χ1n) is 9.59. The number of hydrogen-bond donors (Lipinski definition) is 1. The van der Waals surface area contributed by atoms with Gasteiger partial charge in [0.1, 0.15) is 11.5 Å². The van der Waals surface area contributed by atoms with Crippen molar-refractivity contribution >= 4 is 0 Å². The zero-order valence-corrected chi connectivity index (χ0v) is 16.1. The molecule has 140 valence electrons. The number of rotatable bonds is 7. The Morgan fingerprint density at radius 1 is 1.12 bits per heavy atom. The van der Waals surface area contributed by atoms with Gasteiger partial charge < -0.3 is 14.8 Å². The summed E-state index contributed by atoms with van der Waals surface area (Å²) in [5.74, 6) is 1.92. The van der Waals surface area contributed by atoms with E-state index in [1.165, 1.54) is 11.1 Å². The summed E-state index contributed by atoms with van der Waals surface area (Å²) in [5.41, 5.74) is 2.57. The van der Waals surface area contributed by atoms with E-state index in [2.05, 4.69) is 66.5 Å². The average Bonchev–Trinajstić information content (AvgIpc) is 2.64. The van der Waals surface area contributed by atoms with Gasteiger partial charge in [-0.15, -0.1) is 0 Å². The largest absolute Gasteiger partial charge is 0.494 e. The van der Waals surface area contributed by atoms with Gasteiger partial charge >= 0.3 is 0 Å². The van der Waals surface area contributed by atoms with E-state index in [0.29, 0.717) is 12.6 Å². The summed E-state index contributed by atoms with van der Waals surface area (Å²) in [6, 6.07) is 17.3. The van der Waals surface area contributed by atoms with Crippen LogP contribution in [0.25, 0.3) is 0 Å². The first kappa shape index (κ1) is 18.7. The van der Waals surface area contributed by atoms with Gasteiger partial charge in [0.15, 0.2) is 0 Å². The lowest BCUT2D eigenvalue weighted by molar-refractivity contribution is 0.151. The molecule has 1 aliphatic heterocycles. The van der Waals surface area contributed by atoms with E-state index in [1.54, 1.807) is 0 Å². The van der Waals surface area contributed by atoms with E-state index in [0.717, 1.165) is 37.7 Å². The number of para-hydroxylation sites is 1. The van der Waals surface area contributed by atoms with E-state index in [4.69, 9.17) is 9.47 Å². The highest BCUT2D eigenvalue weighted by molar-refractivity contribution is 5.34. The van der Waals surface area contributed by atoms with E-state index in [-0.39, 0.29) is 6.10 Å². The molecule has 1 unspecified atom stereocenters. The van der Waals surface area contributed by atoms with Gasteiger partial charge in [-0.3, -0.25) is 4.90 Å². The predicted octanol–water partition coefficient (Wildman–Crippen LogP) is 4.02. The van der Waals surface area contributed by atoms with Crippen LogP contribution in [0.5, 0.6) is 11.5 Å². The highest BCUT2D eigenvalue weighted by Gasteiger charge is 2.24. The van der Waals surface area contributed by atoms with Crippen LogP contribution in [0.1, 0.15) is 37.9 Å². The third-order valence-electron chi connectivity index (χ3n) is 4.64. The lowest BCUT2D eigenvalue weighted by Crippen LogP contribution is -2.45. The summed E-state index contributed by atoms with van der Waals surface area (Å²) in [7, 11) is 0. The summed E-state index contributed by atoms with van der Waals surface area (Å²) in [6.45, 7) is 10.7. The molecule has 3 rings (SSSR count). The van der Waals surface area contributed by atoms with Crippen molar-refractivity contribution in [3.63, 3.8) is 0 Å². The molecule has 26 heavy (non-hydrogen) atoms. The van der Waals surface area contributed by atoms with Crippen molar-refractivity contribution in [2.24, 2.45) is 0 Å². The lowest BCUT2D eigenvalue weighted by atomic mass is 10.0. The molecule has 0 radical (unpaired) electrons. The molecule has 4 heteroatoms. The summed E-state index contributed by atoms with van der Waals surface area (Å²) >= 11 is 0. The molecule has 2 aromatic carbocycles. The zero-order valence-electron chi connectivity index (χ0n) is 16.1. The molecule has 1 fully saturated rings. The molecular formula is C22H30N2O2. The van der Waals surface area contributed by atoms with Crippen molar-refractivity contribution in [2.75, 3.05) is 26.2 Å². The van der Waals surface area contributed by atoms with Crippen molar-refractivity contribution in [1.82, 2.24) is 10.2 Å². The van der Waals surface area contributed by atoms with Crippen LogP contribution in [0.3, 0.4) is 0 Å². The van der Waals surface area contributed by atoms with Gasteiger partial charge in [0.25, 0.3) is 0 Å². The Hall–Kier alpha value is -2.04. The smallest absolute Gasteiger partial charge is 0.123 e. The van der Waals surface area contributed by atoms with Crippen LogP contribution in [-0.4, -0.2) is 37.2 Å². The van der Waals surface area contributed by atoms with Gasteiger partial charge in [-0.25, -0.2) is 0 Å². The summed E-state index contributed by atoms with van der Waals surface area (Å²) in [6.07, 6.45) is 0.198. The molecule has 1 N–H and O–H groups in total. The third-order valence-corrected chi connectivity index (χ3v) is 4.64. The van der Waals surface area contributed by atoms with Crippen molar-refractivity contribution < 1.29 is 9.47 Å². The van der Waals surface area contributed by atoms with Crippen LogP contribution in [-0.2, 0) is 6.54 Å². The van der Waals surface area contributed by atoms with Crippen LogP contribution >= 0.6 is 0 Å². The first-order valence-corrected chi connectivity index (χ1v) is 9.59. The highest BCUT2D eigenvalue weighted by Crippen LogP contribution is 2.28. The maximum absolute atomic E-state index is 5.81. The average molecular weight is 354 g/mol. The second-order valence-electron chi connectivity index (χ2n) is 6.97. The van der Waals surface area contributed by atoms with Gasteiger partial charge in [-0.05, 0) is 44.5 Å². The molecule has 0 bridgehead atoms. The summed E-state index contributed by atoms with van der Waals surface area (Å²) in [4.78, 5) is 2.53. The van der Waals surface area contributed by atoms with Crippen molar-refractivity contribution in [2.45, 2.75) is 39.5 Å². The Bertz CT molecular complexity index is 685. The number of ether oxygens (including phenoxy) is 2. The second-order valence-corrected chi connectivity index (χ2v) is 6.97. The molecule has 0 aliphatic carbocycles. The Balaban J connectivity index is 1.76. The van der Waals surface area contributed by atoms with E-state index < -0.39 is 0 Å². The SMILES string of the molecule is CCOc1ccccc1CN1CCNCC1c1ccc(OC(C)C)cc1. The predicted molar refractivity (Wildman–Crippen MR) is 106 cm³/mol. The summed E-state index contributed by atoms with van der Waals surface area (Å²) in [5, 5.41) is 3.53. The summed E-state index contributed by atoms with van der Waals surface area (Å²) < 4.78 is 11.6. The Morgan fingerprint density at radius 2 is 1.88 bits per heavy atom. The number of benzene rings is 2. The Morgan fingerprint density at radius 3 is 2.62 bits per heavy atom. The maximum Gasteiger partial charge on any atom is 0.123 e. The van der Waals surface area contributed by atoms with Gasteiger partial charge in [0.2, 0.25) is 0 Å². The molecule has 0 spiro atoms. The molecule has 4 nitrogen and oxygen atoms in total. The fourth-order valence-electron chi connectivity index (χ4n) is 3.45. The minimum Gasteiger partial charge on any atom is -0.494 e. The molecule has 0 aromatic heterocycles. The Labute approximate surface area is 157 Å². The first-order chi connectivity index (χ1) is 12.7. The fourth-order valence-corrected chi connectivity index (χ4v) is 3.45. The number of piperazine rings is 1. The van der Waals surface area contributed by atoms with Gasteiger partial charge in [-0.1, -0.05) is 30.3 Å². The molecule has 2 aromatic rings. The van der Waals surface area contributed by atoms with Gasteiger partial charge in [0.05, 0.1) is 12.7 Å². The maximum atomic E-state index is 5.81. The zero-order chi connectivity index (χ0) is 18.4. The van der Waals surface area contributed by atoms with Crippen molar-refractivity contribution in [1.29, 1.82) is 0 Å². The van der Waals surface area contributed by atoms with E-state index in [9.17, 15) is 0 Å². The minimum absolute atomic E-state index is 0.198. The molecule has 1 heterocycles. The van der Waals surface area contributed by atoms with E-state index in [1.807, 2.05) is 13.0 Å². The molecule has 1 aliphatic rings. The lowest BCUT2D eigenvalue weighted by Gasteiger charge is -2.37. The van der Waals surface area contributed by atoms with Crippen molar-refractivity contribution in [3.05, 3.63) is 59.7 Å². The molecule has 0 amide bonds. The third kappa shape index (κ3) is 4.77. The molecule has 1 saturated heterocycles. The quantitative estimate of drug-likeness (QED) is 0.814. The normalized spacial score (nSPS) is 18.1. The topological polar surface area (TPSA) is 33.7 Å². The van der Waals surface area contributed by atoms with Crippen LogP contribution in [0.15, 0.2) is 48.5 Å². The molecular weight excluding hydrogens is 324 g/mol. The number of nitrogens with zero attached hydrogens (tertiary/aromatic N) is 1. The van der Waals surface area contributed by atoms with Crippen LogP contribution in [0.2, 0.25) is 0 Å². The van der Waals surface area contributed by atoms with Crippen LogP contribution in [0.4, 0.5) is 0 Å². The molecule has 0 saturated carbocycles. The Kier molecular flexibility index (Phi) is 6.53. The van der Waals surface area contributed by atoms with Gasteiger partial charge in [-0.2, -0.15) is 0 Å². The minimum atomic E-state index is 0.198. The van der Waals surface area contributed by atoms with Crippen molar-refractivity contribution in [3.8, 4) is 11.5 Å². The fraction of sp³-hybridized carbons (Fsp3) is 0.455. The van der Waals surface area contributed by atoms with E-state index >= 15 is 0 Å². The molecule has 1 atom stereocenters.